The standard InChI is InChI=1S/C7H10F4O2S/c8-7(9,10)5-1-3-6(4-2-5)14(11,12)13/h5-6H,1-4H2. The van der Waals surface area contributed by atoms with Gasteiger partial charge in [-0.1, -0.05) is 0 Å². The topological polar surface area (TPSA) is 34.1 Å². The van der Waals surface area contributed by atoms with Gasteiger partial charge in [-0.2, -0.15) is 21.6 Å². The van der Waals surface area contributed by atoms with Crippen molar-refractivity contribution in [2.45, 2.75) is 37.1 Å². The van der Waals surface area contributed by atoms with Gasteiger partial charge in [-0.15, -0.1) is 3.89 Å². The quantitative estimate of drug-likeness (QED) is 0.515. The molecule has 1 aliphatic rings. The van der Waals surface area contributed by atoms with Crippen LogP contribution in [-0.4, -0.2) is 19.8 Å². The van der Waals surface area contributed by atoms with Crippen LogP contribution in [0.5, 0.6) is 0 Å². The second-order valence-corrected chi connectivity index (χ2v) is 5.11. The summed E-state index contributed by atoms with van der Waals surface area (Å²) >= 11 is 0. The molecule has 0 aromatic heterocycles. The van der Waals surface area contributed by atoms with E-state index in [-0.39, 0.29) is 25.7 Å². The van der Waals surface area contributed by atoms with Crippen LogP contribution in [0.25, 0.3) is 0 Å². The Labute approximate surface area is 79.5 Å². The molecule has 0 atom stereocenters. The highest BCUT2D eigenvalue weighted by Crippen LogP contribution is 2.39. The van der Waals surface area contributed by atoms with Crippen LogP contribution in [0.2, 0.25) is 0 Å². The maximum atomic E-state index is 12.4. The lowest BCUT2D eigenvalue weighted by Crippen LogP contribution is -2.31. The fourth-order valence-corrected chi connectivity index (χ4v) is 2.51. The Morgan fingerprint density at radius 2 is 1.43 bits per heavy atom. The molecule has 0 bridgehead atoms. The molecule has 0 aliphatic heterocycles. The first-order chi connectivity index (χ1) is 6.21. The molecule has 0 saturated heterocycles. The highest BCUT2D eigenvalue weighted by atomic mass is 32.3. The van der Waals surface area contributed by atoms with E-state index < -0.39 is 27.6 Å². The molecule has 0 spiro atoms. The van der Waals surface area contributed by atoms with E-state index in [1.54, 1.807) is 0 Å². The molecule has 1 saturated carbocycles. The lowest BCUT2D eigenvalue weighted by Gasteiger charge is -2.27. The van der Waals surface area contributed by atoms with Gasteiger partial charge < -0.3 is 0 Å². The SMILES string of the molecule is O=S(=O)(F)C1CCC(C(F)(F)F)CC1. The molecule has 1 aliphatic carbocycles. The van der Waals surface area contributed by atoms with Gasteiger partial charge in [0.15, 0.2) is 0 Å². The van der Waals surface area contributed by atoms with Crippen LogP contribution in [0, 0.1) is 5.92 Å². The summed E-state index contributed by atoms with van der Waals surface area (Å²) < 4.78 is 69.5. The molecule has 0 amide bonds. The maximum Gasteiger partial charge on any atom is 0.391 e. The highest BCUT2D eigenvalue weighted by molar-refractivity contribution is 7.87. The summed E-state index contributed by atoms with van der Waals surface area (Å²) in [6.45, 7) is 0. The van der Waals surface area contributed by atoms with Crippen molar-refractivity contribution in [3.63, 3.8) is 0 Å². The third-order valence-electron chi connectivity index (χ3n) is 2.54. The lowest BCUT2D eigenvalue weighted by atomic mass is 9.88. The average Bonchev–Trinajstić information content (AvgIpc) is 2.01. The van der Waals surface area contributed by atoms with Gasteiger partial charge >= 0.3 is 16.4 Å². The predicted octanol–water partition coefficient (Wildman–Crippen LogP) is 2.41. The number of alkyl halides is 3. The van der Waals surface area contributed by atoms with E-state index in [4.69, 9.17) is 0 Å². The fourth-order valence-electron chi connectivity index (χ4n) is 1.67. The van der Waals surface area contributed by atoms with Gasteiger partial charge in [0.05, 0.1) is 11.2 Å². The molecule has 2 nitrogen and oxygen atoms in total. The zero-order chi connectivity index (χ0) is 11.0. The molecule has 0 N–H and O–H groups in total. The Balaban J connectivity index is 2.56. The van der Waals surface area contributed by atoms with E-state index in [0.29, 0.717) is 0 Å². The van der Waals surface area contributed by atoms with Gasteiger partial charge in [0, 0.05) is 0 Å². The molecule has 84 valence electrons. The Morgan fingerprint density at radius 1 is 1.00 bits per heavy atom. The average molecular weight is 234 g/mol. The number of rotatable bonds is 1. The Kier molecular flexibility index (Phi) is 3.08. The lowest BCUT2D eigenvalue weighted by molar-refractivity contribution is -0.181. The molecule has 1 rings (SSSR count). The summed E-state index contributed by atoms with van der Waals surface area (Å²) in [5, 5.41) is -1.24. The Morgan fingerprint density at radius 3 is 1.71 bits per heavy atom. The van der Waals surface area contributed by atoms with Gasteiger partial charge in [-0.05, 0) is 25.7 Å². The molecule has 0 heterocycles. The molecule has 0 unspecified atom stereocenters. The molecular weight excluding hydrogens is 224 g/mol. The van der Waals surface area contributed by atoms with Crippen molar-refractivity contribution in [3.05, 3.63) is 0 Å². The van der Waals surface area contributed by atoms with Crippen LogP contribution in [0.1, 0.15) is 25.7 Å². The van der Waals surface area contributed by atoms with Crippen molar-refractivity contribution in [1.29, 1.82) is 0 Å². The molecule has 0 aromatic carbocycles. The van der Waals surface area contributed by atoms with E-state index >= 15 is 0 Å². The molecule has 1 fully saturated rings. The van der Waals surface area contributed by atoms with Crippen molar-refractivity contribution in [2.75, 3.05) is 0 Å². The summed E-state index contributed by atoms with van der Waals surface area (Å²) in [7, 11) is -4.66. The Bertz CT molecular complexity index is 287. The number of hydrogen-bond donors (Lipinski definition) is 0. The van der Waals surface area contributed by atoms with Crippen molar-refractivity contribution < 1.29 is 25.5 Å². The second kappa shape index (κ2) is 3.67. The summed E-state index contributed by atoms with van der Waals surface area (Å²) in [6.07, 6.45) is -5.34. The smallest absolute Gasteiger partial charge is 0.195 e. The van der Waals surface area contributed by atoms with Crippen LogP contribution < -0.4 is 0 Å². The van der Waals surface area contributed by atoms with Crippen LogP contribution >= 0.6 is 0 Å². The number of halogens is 4. The summed E-state index contributed by atoms with van der Waals surface area (Å²) in [4.78, 5) is 0. The molecule has 0 radical (unpaired) electrons. The van der Waals surface area contributed by atoms with Crippen molar-refractivity contribution in [3.8, 4) is 0 Å². The molecule has 0 aromatic rings. The largest absolute Gasteiger partial charge is 0.391 e. The van der Waals surface area contributed by atoms with Gasteiger partial charge in [0.2, 0.25) is 0 Å². The maximum absolute atomic E-state index is 12.4. The highest BCUT2D eigenvalue weighted by Gasteiger charge is 2.43. The zero-order valence-electron chi connectivity index (χ0n) is 7.22. The zero-order valence-corrected chi connectivity index (χ0v) is 8.04. The molecule has 7 heteroatoms. The van der Waals surface area contributed by atoms with Gasteiger partial charge in [-0.25, -0.2) is 0 Å². The monoisotopic (exact) mass is 234 g/mol. The van der Waals surface area contributed by atoms with Crippen molar-refractivity contribution in [1.82, 2.24) is 0 Å². The summed E-state index contributed by atoms with van der Waals surface area (Å²) in [6, 6.07) is 0. The van der Waals surface area contributed by atoms with Crippen LogP contribution in [0.3, 0.4) is 0 Å². The van der Waals surface area contributed by atoms with Gasteiger partial charge in [0.1, 0.15) is 0 Å². The Hall–Kier alpha value is -0.330. The van der Waals surface area contributed by atoms with Crippen LogP contribution in [-0.2, 0) is 10.2 Å². The van der Waals surface area contributed by atoms with Crippen molar-refractivity contribution in [2.24, 2.45) is 5.92 Å². The number of hydrogen-bond acceptors (Lipinski definition) is 2. The third kappa shape index (κ3) is 2.83. The van der Waals surface area contributed by atoms with E-state index in [1.165, 1.54) is 0 Å². The second-order valence-electron chi connectivity index (χ2n) is 3.49. The van der Waals surface area contributed by atoms with Crippen LogP contribution in [0.4, 0.5) is 17.1 Å². The van der Waals surface area contributed by atoms with Crippen LogP contribution in [0.15, 0.2) is 0 Å². The first-order valence-corrected chi connectivity index (χ1v) is 5.66. The minimum Gasteiger partial charge on any atom is -0.195 e. The first-order valence-electron chi connectivity index (χ1n) is 4.21. The van der Waals surface area contributed by atoms with Crippen molar-refractivity contribution >= 4 is 10.2 Å². The fraction of sp³-hybridized carbons (Fsp3) is 1.00. The summed E-state index contributed by atoms with van der Waals surface area (Å²) in [5.41, 5.74) is 0. The molecule has 14 heavy (non-hydrogen) atoms. The van der Waals surface area contributed by atoms with E-state index in [0.717, 1.165) is 0 Å². The molecular formula is C7H10F4O2S. The van der Waals surface area contributed by atoms with Gasteiger partial charge in [0.25, 0.3) is 0 Å². The summed E-state index contributed by atoms with van der Waals surface area (Å²) in [5.74, 6) is -1.47. The van der Waals surface area contributed by atoms with E-state index in [1.807, 2.05) is 0 Å². The van der Waals surface area contributed by atoms with E-state index in [2.05, 4.69) is 0 Å². The minimum atomic E-state index is -4.66. The van der Waals surface area contributed by atoms with E-state index in [9.17, 15) is 25.5 Å². The first kappa shape index (κ1) is 11.7. The predicted molar refractivity (Wildman–Crippen MR) is 41.8 cm³/mol. The minimum absolute atomic E-state index is 0.233. The van der Waals surface area contributed by atoms with Gasteiger partial charge in [-0.3, -0.25) is 0 Å². The normalized spacial score (nSPS) is 30.3. The third-order valence-corrected chi connectivity index (χ3v) is 3.80.